The molecule has 172 valence electrons. The van der Waals surface area contributed by atoms with Crippen molar-refractivity contribution < 1.29 is 24.3 Å². The molecular formula is C18H35N7O5. The van der Waals surface area contributed by atoms with Crippen molar-refractivity contribution >= 4 is 29.7 Å². The van der Waals surface area contributed by atoms with Gasteiger partial charge in [-0.1, -0.05) is 27.7 Å². The van der Waals surface area contributed by atoms with Crippen LogP contribution in [-0.2, 0) is 19.2 Å². The minimum atomic E-state index is -1.21. The maximum Gasteiger partial charge on any atom is 0.326 e. The Morgan fingerprint density at radius 1 is 0.900 bits per heavy atom. The minimum absolute atomic E-state index is 0.102. The zero-order valence-electron chi connectivity index (χ0n) is 18.0. The number of aliphatic imine (C=N–C) groups is 1. The Morgan fingerprint density at radius 3 is 1.83 bits per heavy atom. The monoisotopic (exact) mass is 429 g/mol. The van der Waals surface area contributed by atoms with E-state index in [4.69, 9.17) is 17.2 Å². The van der Waals surface area contributed by atoms with Crippen molar-refractivity contribution in [3.63, 3.8) is 0 Å². The van der Waals surface area contributed by atoms with E-state index in [1.807, 2.05) is 0 Å². The van der Waals surface area contributed by atoms with E-state index in [0.717, 1.165) is 0 Å². The number of nitrogens with two attached hydrogens (primary N) is 3. The summed E-state index contributed by atoms with van der Waals surface area (Å²) in [5, 5.41) is 16.9. The minimum Gasteiger partial charge on any atom is -0.480 e. The third-order valence-corrected chi connectivity index (χ3v) is 4.26. The second kappa shape index (κ2) is 13.4. The normalized spacial score (nSPS) is 13.8. The summed E-state index contributed by atoms with van der Waals surface area (Å²) in [6.07, 6.45) is 0.451. The number of carbonyl (C=O) groups is 4. The van der Waals surface area contributed by atoms with Gasteiger partial charge in [-0.2, -0.15) is 0 Å². The molecule has 3 atom stereocenters. The average Bonchev–Trinajstić information content (AvgIpc) is 2.64. The molecule has 0 fully saturated rings. The lowest BCUT2D eigenvalue weighted by Crippen LogP contribution is -2.58. The summed E-state index contributed by atoms with van der Waals surface area (Å²) in [7, 11) is 0. The van der Waals surface area contributed by atoms with Crippen molar-refractivity contribution in [3.8, 4) is 0 Å². The summed E-state index contributed by atoms with van der Waals surface area (Å²) in [6, 6.07) is -3.04. The molecule has 10 N–H and O–H groups in total. The highest BCUT2D eigenvalue weighted by Gasteiger charge is 2.32. The molecule has 0 bridgehead atoms. The van der Waals surface area contributed by atoms with Crippen molar-refractivity contribution in [2.45, 2.75) is 58.7 Å². The molecule has 0 rings (SSSR count). The molecule has 0 aromatic rings. The van der Waals surface area contributed by atoms with Crippen LogP contribution in [0.2, 0.25) is 0 Å². The van der Waals surface area contributed by atoms with E-state index in [1.165, 1.54) is 0 Å². The van der Waals surface area contributed by atoms with Crippen LogP contribution in [0.15, 0.2) is 4.99 Å². The number of hydrogen-bond donors (Lipinski definition) is 7. The van der Waals surface area contributed by atoms with Gasteiger partial charge in [-0.3, -0.25) is 19.4 Å². The zero-order chi connectivity index (χ0) is 23.4. The van der Waals surface area contributed by atoms with Gasteiger partial charge in [0.15, 0.2) is 5.96 Å². The summed E-state index contributed by atoms with van der Waals surface area (Å²) in [5.74, 6) is -3.59. The molecule has 0 saturated heterocycles. The Hall–Kier alpha value is -2.89. The molecule has 12 heteroatoms. The van der Waals surface area contributed by atoms with Crippen LogP contribution in [0.25, 0.3) is 0 Å². The van der Waals surface area contributed by atoms with Crippen LogP contribution in [0.3, 0.4) is 0 Å². The number of nitrogens with one attached hydrogen (secondary N) is 3. The molecule has 30 heavy (non-hydrogen) atoms. The summed E-state index contributed by atoms with van der Waals surface area (Å²) < 4.78 is 0. The van der Waals surface area contributed by atoms with Gasteiger partial charge in [0.05, 0.1) is 6.54 Å². The molecule has 3 unspecified atom stereocenters. The van der Waals surface area contributed by atoms with Gasteiger partial charge >= 0.3 is 5.97 Å². The van der Waals surface area contributed by atoms with E-state index < -0.39 is 41.8 Å². The van der Waals surface area contributed by atoms with Gasteiger partial charge in [-0.05, 0) is 24.7 Å². The highest BCUT2D eigenvalue weighted by atomic mass is 16.4. The first-order valence-corrected chi connectivity index (χ1v) is 9.79. The number of hydrogen-bond acceptors (Lipinski definition) is 6. The maximum atomic E-state index is 12.7. The van der Waals surface area contributed by atoms with Gasteiger partial charge in [0.25, 0.3) is 0 Å². The highest BCUT2D eigenvalue weighted by molar-refractivity contribution is 5.93. The van der Waals surface area contributed by atoms with E-state index in [1.54, 1.807) is 27.7 Å². The number of guanidine groups is 1. The standard InChI is InChI=1S/C18H35N7O5/c1-9(2)13(24-12(26)8-19)16(28)25-14(10(3)4)15(27)23-11(17(29)30)6-5-7-22-18(20)21/h9-11,13-14H,5-8,19H2,1-4H3,(H,23,27)(H,24,26)(H,25,28)(H,29,30)(H4,20,21,22). The average molecular weight is 430 g/mol. The fourth-order valence-electron chi connectivity index (χ4n) is 2.57. The van der Waals surface area contributed by atoms with Crippen LogP contribution in [0.5, 0.6) is 0 Å². The van der Waals surface area contributed by atoms with Crippen molar-refractivity contribution in [1.29, 1.82) is 0 Å². The van der Waals surface area contributed by atoms with Crippen LogP contribution in [-0.4, -0.2) is 66.0 Å². The van der Waals surface area contributed by atoms with Gasteiger partial charge in [-0.15, -0.1) is 0 Å². The SMILES string of the molecule is CC(C)C(NC(=O)CN)C(=O)NC(C(=O)NC(CCCN=C(N)N)C(=O)O)C(C)C. The van der Waals surface area contributed by atoms with E-state index in [-0.39, 0.29) is 37.3 Å². The Morgan fingerprint density at radius 2 is 1.40 bits per heavy atom. The summed E-state index contributed by atoms with van der Waals surface area (Å²) in [6.45, 7) is 6.85. The number of aliphatic carboxylic acids is 1. The molecule has 0 aromatic heterocycles. The quantitative estimate of drug-likeness (QED) is 0.0970. The van der Waals surface area contributed by atoms with Crippen LogP contribution in [0.1, 0.15) is 40.5 Å². The van der Waals surface area contributed by atoms with Gasteiger partial charge in [-0.25, -0.2) is 4.79 Å². The largest absolute Gasteiger partial charge is 0.480 e. The lowest BCUT2D eigenvalue weighted by Gasteiger charge is -2.27. The first kappa shape index (κ1) is 27.1. The molecule has 0 aliphatic heterocycles. The summed E-state index contributed by atoms with van der Waals surface area (Å²) in [5.41, 5.74) is 15.7. The smallest absolute Gasteiger partial charge is 0.326 e. The van der Waals surface area contributed by atoms with Gasteiger partial charge in [0.1, 0.15) is 18.1 Å². The maximum absolute atomic E-state index is 12.7. The molecular weight excluding hydrogens is 394 g/mol. The van der Waals surface area contributed by atoms with E-state index >= 15 is 0 Å². The van der Waals surface area contributed by atoms with E-state index in [9.17, 15) is 24.3 Å². The summed E-state index contributed by atoms with van der Waals surface area (Å²) in [4.78, 5) is 52.2. The molecule has 0 aromatic carbocycles. The van der Waals surface area contributed by atoms with Crippen LogP contribution < -0.4 is 33.2 Å². The number of amides is 3. The summed E-state index contributed by atoms with van der Waals surface area (Å²) >= 11 is 0. The van der Waals surface area contributed by atoms with Crippen molar-refractivity contribution in [2.75, 3.05) is 13.1 Å². The lowest BCUT2D eigenvalue weighted by molar-refractivity contribution is -0.142. The fraction of sp³-hybridized carbons (Fsp3) is 0.722. The molecule has 12 nitrogen and oxygen atoms in total. The molecule has 0 aliphatic rings. The highest BCUT2D eigenvalue weighted by Crippen LogP contribution is 2.08. The van der Waals surface area contributed by atoms with Crippen LogP contribution in [0.4, 0.5) is 0 Å². The Balaban J connectivity index is 5.17. The number of carboxylic acids is 1. The lowest BCUT2D eigenvalue weighted by atomic mass is 9.99. The Kier molecular flexibility index (Phi) is 12.1. The third kappa shape index (κ3) is 10.0. The molecule has 0 spiro atoms. The predicted molar refractivity (Wildman–Crippen MR) is 112 cm³/mol. The van der Waals surface area contributed by atoms with Crippen molar-refractivity contribution in [2.24, 2.45) is 34.0 Å². The number of rotatable bonds is 13. The van der Waals surface area contributed by atoms with Crippen molar-refractivity contribution in [1.82, 2.24) is 16.0 Å². The van der Waals surface area contributed by atoms with Crippen LogP contribution >= 0.6 is 0 Å². The topological polar surface area (TPSA) is 215 Å². The molecule has 0 saturated carbocycles. The van der Waals surface area contributed by atoms with Gasteiger partial charge < -0.3 is 38.3 Å². The molecule has 0 aliphatic carbocycles. The second-order valence-corrected chi connectivity index (χ2v) is 7.57. The van der Waals surface area contributed by atoms with Gasteiger partial charge in [0, 0.05) is 6.54 Å². The number of carbonyl (C=O) groups excluding carboxylic acids is 3. The van der Waals surface area contributed by atoms with E-state index in [2.05, 4.69) is 20.9 Å². The first-order chi connectivity index (χ1) is 13.9. The van der Waals surface area contributed by atoms with Gasteiger partial charge in [0.2, 0.25) is 17.7 Å². The van der Waals surface area contributed by atoms with E-state index in [0.29, 0.717) is 6.42 Å². The Bertz CT molecular complexity index is 632. The second-order valence-electron chi connectivity index (χ2n) is 7.57. The molecule has 3 amide bonds. The molecule has 0 radical (unpaired) electrons. The third-order valence-electron chi connectivity index (χ3n) is 4.26. The number of nitrogens with zero attached hydrogens (tertiary/aromatic N) is 1. The number of carboxylic acid groups (broad SMARTS) is 1. The molecule has 0 heterocycles. The van der Waals surface area contributed by atoms with Crippen molar-refractivity contribution in [3.05, 3.63) is 0 Å². The predicted octanol–water partition coefficient (Wildman–Crippen LogP) is -2.15. The Labute approximate surface area is 176 Å². The zero-order valence-corrected chi connectivity index (χ0v) is 18.0. The first-order valence-electron chi connectivity index (χ1n) is 9.79. The van der Waals surface area contributed by atoms with Crippen LogP contribution in [0, 0.1) is 11.8 Å². The fourth-order valence-corrected chi connectivity index (χ4v) is 2.57.